The van der Waals surface area contributed by atoms with Crippen molar-refractivity contribution in [3.05, 3.63) is 46.5 Å². The number of imidazole rings is 1. The number of carbonyl (C=O) groups excluding carboxylic acids is 2. The number of nitrogens with zero attached hydrogens (tertiary/aromatic N) is 4. The number of halogens is 1. The van der Waals surface area contributed by atoms with Crippen LogP contribution in [0.15, 0.2) is 24.3 Å². The van der Waals surface area contributed by atoms with Crippen LogP contribution in [0.1, 0.15) is 17.2 Å². The van der Waals surface area contributed by atoms with Crippen molar-refractivity contribution in [3.63, 3.8) is 0 Å². The van der Waals surface area contributed by atoms with Gasteiger partial charge in [-0.25, -0.2) is 9.78 Å². The first-order valence-corrected chi connectivity index (χ1v) is 9.13. The van der Waals surface area contributed by atoms with Crippen molar-refractivity contribution >= 4 is 40.8 Å². The Hall–Kier alpha value is -2.84. The molecule has 8 nitrogen and oxygen atoms in total. The number of aromatic amines is 1. The van der Waals surface area contributed by atoms with Crippen LogP contribution in [0.2, 0.25) is 5.02 Å². The fourth-order valence-electron chi connectivity index (χ4n) is 3.13. The van der Waals surface area contributed by atoms with E-state index < -0.39 is 6.03 Å². The average molecular weight is 404 g/mol. The molecule has 2 N–H and O–H groups in total. The van der Waals surface area contributed by atoms with E-state index in [4.69, 9.17) is 16.7 Å². The van der Waals surface area contributed by atoms with Crippen LogP contribution in [-0.2, 0) is 24.8 Å². The maximum Gasteiger partial charge on any atom is 0.332 e. The molecule has 0 unspecified atom stereocenters. The minimum Gasteiger partial charge on any atom is -0.396 e. The molecule has 1 aromatic carbocycles. The summed E-state index contributed by atoms with van der Waals surface area (Å²) in [5.41, 5.74) is 2.36. The second-order valence-corrected chi connectivity index (χ2v) is 7.01. The minimum absolute atomic E-state index is 0.0355. The standard InChI is InChI=1S/C19H22ClN5O3/c1-12-18(22-17(6-7-26)23(12)2)24(3)19(28)25(11-27)10-15-9-13-8-14(20)4-5-16(13)21-15/h4-5,8-9,11,21,26H,6-7,10H2,1-3H3. The van der Waals surface area contributed by atoms with Gasteiger partial charge in [0.2, 0.25) is 6.41 Å². The second-order valence-electron chi connectivity index (χ2n) is 6.57. The number of nitrogens with one attached hydrogen (secondary N) is 1. The average Bonchev–Trinajstić information content (AvgIpc) is 3.20. The summed E-state index contributed by atoms with van der Waals surface area (Å²) in [6.45, 7) is 1.89. The van der Waals surface area contributed by atoms with E-state index >= 15 is 0 Å². The zero-order valence-corrected chi connectivity index (χ0v) is 16.7. The zero-order valence-electron chi connectivity index (χ0n) is 15.9. The van der Waals surface area contributed by atoms with Crippen molar-refractivity contribution in [1.82, 2.24) is 19.4 Å². The van der Waals surface area contributed by atoms with Crippen molar-refractivity contribution < 1.29 is 14.7 Å². The van der Waals surface area contributed by atoms with Crippen molar-refractivity contribution in [3.8, 4) is 0 Å². The summed E-state index contributed by atoms with van der Waals surface area (Å²) in [4.78, 5) is 34.5. The maximum atomic E-state index is 12.9. The molecule has 0 radical (unpaired) electrons. The van der Waals surface area contributed by atoms with E-state index in [0.29, 0.717) is 35.2 Å². The molecule has 9 heteroatoms. The van der Waals surface area contributed by atoms with Gasteiger partial charge in [0.15, 0.2) is 5.82 Å². The molecule has 3 aromatic rings. The van der Waals surface area contributed by atoms with Crippen molar-refractivity contribution in [2.75, 3.05) is 18.6 Å². The van der Waals surface area contributed by atoms with Gasteiger partial charge in [-0.05, 0) is 31.2 Å². The first-order chi connectivity index (χ1) is 13.3. The van der Waals surface area contributed by atoms with Crippen LogP contribution in [0.5, 0.6) is 0 Å². The van der Waals surface area contributed by atoms with Gasteiger partial charge < -0.3 is 14.7 Å². The number of aliphatic hydroxyl groups is 1. The third-order valence-electron chi connectivity index (χ3n) is 4.74. The topological polar surface area (TPSA) is 94.5 Å². The summed E-state index contributed by atoms with van der Waals surface area (Å²) < 4.78 is 1.82. The van der Waals surface area contributed by atoms with Crippen LogP contribution >= 0.6 is 11.6 Å². The predicted molar refractivity (Wildman–Crippen MR) is 107 cm³/mol. The number of hydrogen-bond acceptors (Lipinski definition) is 4. The van der Waals surface area contributed by atoms with Gasteiger partial charge in [-0.15, -0.1) is 0 Å². The lowest BCUT2D eigenvalue weighted by Crippen LogP contribution is -2.40. The Bertz CT molecular complexity index is 1030. The van der Waals surface area contributed by atoms with Crippen LogP contribution in [0.3, 0.4) is 0 Å². The molecule has 2 heterocycles. The number of H-pyrrole nitrogens is 1. The van der Waals surface area contributed by atoms with Crippen LogP contribution in [0.4, 0.5) is 10.6 Å². The number of amides is 3. The Morgan fingerprint density at radius 2 is 2.14 bits per heavy atom. The lowest BCUT2D eigenvalue weighted by molar-refractivity contribution is -0.116. The number of benzene rings is 1. The van der Waals surface area contributed by atoms with E-state index in [1.807, 2.05) is 36.7 Å². The Morgan fingerprint density at radius 1 is 1.39 bits per heavy atom. The number of hydrogen-bond donors (Lipinski definition) is 2. The van der Waals surface area contributed by atoms with Crippen LogP contribution in [0.25, 0.3) is 10.9 Å². The van der Waals surface area contributed by atoms with Gasteiger partial charge in [-0.1, -0.05) is 11.6 Å². The monoisotopic (exact) mass is 403 g/mol. The Labute approximate surface area is 167 Å². The molecule has 0 saturated carbocycles. The zero-order chi connectivity index (χ0) is 20.4. The van der Waals surface area contributed by atoms with Gasteiger partial charge >= 0.3 is 6.03 Å². The van der Waals surface area contributed by atoms with E-state index in [-0.39, 0.29) is 13.2 Å². The fourth-order valence-corrected chi connectivity index (χ4v) is 3.31. The molecule has 0 aliphatic rings. The smallest absolute Gasteiger partial charge is 0.332 e. The Kier molecular flexibility index (Phi) is 5.71. The van der Waals surface area contributed by atoms with E-state index in [9.17, 15) is 9.59 Å². The van der Waals surface area contributed by atoms with Crippen molar-refractivity contribution in [2.24, 2.45) is 7.05 Å². The molecule has 148 valence electrons. The molecule has 0 aliphatic carbocycles. The minimum atomic E-state index is -0.497. The molecule has 3 amide bonds. The molecule has 0 saturated heterocycles. The summed E-state index contributed by atoms with van der Waals surface area (Å²) >= 11 is 6.01. The highest BCUT2D eigenvalue weighted by atomic mass is 35.5. The number of carbonyl (C=O) groups is 2. The first kappa shape index (κ1) is 19.9. The highest BCUT2D eigenvalue weighted by Gasteiger charge is 2.24. The van der Waals surface area contributed by atoms with E-state index in [2.05, 4.69) is 9.97 Å². The number of fused-ring (bicyclic) bond motifs is 1. The van der Waals surface area contributed by atoms with Gasteiger partial charge in [-0.2, -0.15) is 0 Å². The summed E-state index contributed by atoms with van der Waals surface area (Å²) in [7, 11) is 3.39. The van der Waals surface area contributed by atoms with Gasteiger partial charge in [0.25, 0.3) is 0 Å². The lowest BCUT2D eigenvalue weighted by Gasteiger charge is -2.22. The van der Waals surface area contributed by atoms with Gasteiger partial charge in [0, 0.05) is 42.1 Å². The van der Waals surface area contributed by atoms with Crippen LogP contribution < -0.4 is 4.90 Å². The number of aliphatic hydroxyl groups excluding tert-OH is 1. The maximum absolute atomic E-state index is 12.9. The molecular formula is C19H22ClN5O3. The SMILES string of the molecule is Cc1c(N(C)C(=O)N(C=O)Cc2cc3cc(Cl)ccc3[nH]2)nc(CCO)n1C. The normalized spacial score (nSPS) is 11.0. The highest BCUT2D eigenvalue weighted by Crippen LogP contribution is 2.23. The quantitative estimate of drug-likeness (QED) is 0.618. The van der Waals surface area contributed by atoms with Gasteiger partial charge in [0.05, 0.1) is 18.8 Å². The second kappa shape index (κ2) is 8.04. The lowest BCUT2D eigenvalue weighted by atomic mass is 10.2. The number of aromatic nitrogens is 3. The molecule has 0 spiro atoms. The number of anilines is 1. The van der Waals surface area contributed by atoms with Crippen molar-refractivity contribution in [2.45, 2.75) is 19.9 Å². The number of urea groups is 1. The van der Waals surface area contributed by atoms with Gasteiger partial charge in [0.1, 0.15) is 5.82 Å². The molecule has 0 bridgehead atoms. The highest BCUT2D eigenvalue weighted by molar-refractivity contribution is 6.31. The molecule has 0 aliphatic heterocycles. The largest absolute Gasteiger partial charge is 0.396 e. The third-order valence-corrected chi connectivity index (χ3v) is 4.98. The predicted octanol–water partition coefficient (Wildman–Crippen LogP) is 2.61. The number of rotatable bonds is 6. The Morgan fingerprint density at radius 3 is 2.82 bits per heavy atom. The van der Waals surface area contributed by atoms with Gasteiger partial charge in [-0.3, -0.25) is 14.6 Å². The summed E-state index contributed by atoms with van der Waals surface area (Å²) in [6.07, 6.45) is 0.888. The van der Waals surface area contributed by atoms with E-state index in [0.717, 1.165) is 21.5 Å². The molecule has 3 rings (SSSR count). The summed E-state index contributed by atoms with van der Waals surface area (Å²) in [5, 5.41) is 10.7. The van der Waals surface area contributed by atoms with E-state index in [1.165, 1.54) is 4.90 Å². The third kappa shape index (κ3) is 3.74. The fraction of sp³-hybridized carbons (Fsp3) is 0.316. The molecule has 0 fully saturated rings. The summed E-state index contributed by atoms with van der Waals surface area (Å²) in [5.74, 6) is 1.12. The first-order valence-electron chi connectivity index (χ1n) is 8.75. The molecule has 2 aromatic heterocycles. The molecule has 0 atom stereocenters. The summed E-state index contributed by atoms with van der Waals surface area (Å²) in [6, 6.07) is 6.80. The molecular weight excluding hydrogens is 382 g/mol. The van der Waals surface area contributed by atoms with Crippen molar-refractivity contribution in [1.29, 1.82) is 0 Å². The Balaban J connectivity index is 1.82. The van der Waals surface area contributed by atoms with Crippen LogP contribution in [-0.4, -0.2) is 50.6 Å². The van der Waals surface area contributed by atoms with Crippen LogP contribution in [0, 0.1) is 6.92 Å². The van der Waals surface area contributed by atoms with E-state index in [1.54, 1.807) is 13.1 Å². The number of imide groups is 1. The molecule has 28 heavy (non-hydrogen) atoms.